The van der Waals surface area contributed by atoms with Gasteiger partial charge in [0.15, 0.2) is 0 Å². The third kappa shape index (κ3) is 3.89. The molecule has 3 fully saturated rings. The molecule has 140 valence electrons. The Morgan fingerprint density at radius 2 is 1.83 bits per heavy atom. The van der Waals surface area contributed by atoms with E-state index in [1.54, 1.807) is 11.8 Å². The lowest BCUT2D eigenvalue weighted by atomic mass is 9.65. The number of carbonyl (C=O) groups is 1. The molecule has 1 saturated heterocycles. The molecule has 0 aromatic rings. The zero-order valence-corrected chi connectivity index (χ0v) is 15.9. The molecule has 3 N–H and O–H groups in total. The van der Waals surface area contributed by atoms with E-state index in [4.69, 9.17) is 5.73 Å². The molecule has 2 saturated carbocycles. The van der Waals surface area contributed by atoms with Crippen LogP contribution in [0.2, 0.25) is 0 Å². The fourth-order valence-corrected chi connectivity index (χ4v) is 6.18. The van der Waals surface area contributed by atoms with E-state index in [1.807, 2.05) is 0 Å². The quantitative estimate of drug-likeness (QED) is 0.765. The Balaban J connectivity index is 0.00000208. The Morgan fingerprint density at radius 1 is 1.21 bits per heavy atom. The van der Waals surface area contributed by atoms with Crippen molar-refractivity contribution in [2.24, 2.45) is 23.5 Å². The van der Waals surface area contributed by atoms with Gasteiger partial charge in [-0.2, -0.15) is 0 Å². The maximum absolute atomic E-state index is 12.8. The molecule has 3 aliphatic rings. The lowest BCUT2D eigenvalue weighted by molar-refractivity contribution is -0.137. The number of amides is 1. The number of carbonyl (C=O) groups excluding carboxylic acids is 1. The van der Waals surface area contributed by atoms with Crippen LogP contribution in [0.1, 0.15) is 45.4 Å². The van der Waals surface area contributed by atoms with Crippen molar-refractivity contribution in [3.05, 3.63) is 0 Å². The van der Waals surface area contributed by atoms with Gasteiger partial charge < -0.3 is 10.6 Å². The van der Waals surface area contributed by atoms with Crippen LogP contribution >= 0.6 is 12.4 Å². The van der Waals surface area contributed by atoms with Crippen molar-refractivity contribution in [2.45, 2.75) is 56.7 Å². The van der Waals surface area contributed by atoms with Gasteiger partial charge in [-0.05, 0) is 43.9 Å². The highest BCUT2D eigenvalue weighted by Gasteiger charge is 2.43. The number of nitrogens with one attached hydrogen (secondary N) is 1. The van der Waals surface area contributed by atoms with Crippen LogP contribution in [0.3, 0.4) is 0 Å². The van der Waals surface area contributed by atoms with Crippen molar-refractivity contribution in [3.8, 4) is 0 Å². The summed E-state index contributed by atoms with van der Waals surface area (Å²) < 4.78 is 26.8. The SMILES string of the molecule is CCNS(=O)(=O)C1CCN(C(=O)C2CC3CCCC(C2)C3N)C1.Cl. The van der Waals surface area contributed by atoms with Crippen molar-refractivity contribution in [1.82, 2.24) is 9.62 Å². The summed E-state index contributed by atoms with van der Waals surface area (Å²) in [5, 5.41) is -0.461. The summed E-state index contributed by atoms with van der Waals surface area (Å²) in [6.45, 7) is 3.08. The Morgan fingerprint density at radius 3 is 2.42 bits per heavy atom. The first kappa shape index (κ1) is 19.9. The van der Waals surface area contributed by atoms with Crippen LogP contribution in [0.25, 0.3) is 0 Å². The van der Waals surface area contributed by atoms with Gasteiger partial charge in [-0.25, -0.2) is 13.1 Å². The van der Waals surface area contributed by atoms with E-state index in [9.17, 15) is 13.2 Å². The molecule has 0 aromatic carbocycles. The average Bonchev–Trinajstić information content (AvgIpc) is 2.96. The summed E-state index contributed by atoms with van der Waals surface area (Å²) in [6.07, 6.45) is 5.82. The van der Waals surface area contributed by atoms with Crippen molar-refractivity contribution in [3.63, 3.8) is 0 Å². The Hall–Kier alpha value is -0.370. The van der Waals surface area contributed by atoms with Crippen LogP contribution < -0.4 is 10.5 Å². The number of fused-ring (bicyclic) bond motifs is 2. The number of nitrogens with two attached hydrogens (primary N) is 1. The van der Waals surface area contributed by atoms with Gasteiger partial charge in [-0.1, -0.05) is 13.3 Å². The second kappa shape index (κ2) is 7.89. The first-order valence-electron chi connectivity index (χ1n) is 8.95. The minimum atomic E-state index is -3.29. The molecule has 1 amide bonds. The van der Waals surface area contributed by atoms with Gasteiger partial charge in [0.25, 0.3) is 0 Å². The first-order chi connectivity index (χ1) is 10.9. The summed E-state index contributed by atoms with van der Waals surface area (Å²) in [7, 11) is -3.29. The molecule has 0 spiro atoms. The minimum absolute atomic E-state index is 0. The lowest BCUT2D eigenvalue weighted by Crippen LogP contribution is -2.49. The molecule has 2 bridgehead atoms. The van der Waals surface area contributed by atoms with Crippen molar-refractivity contribution >= 4 is 28.3 Å². The van der Waals surface area contributed by atoms with E-state index in [0.717, 1.165) is 25.7 Å². The summed E-state index contributed by atoms with van der Waals surface area (Å²) in [5.41, 5.74) is 6.30. The van der Waals surface area contributed by atoms with Crippen molar-refractivity contribution in [2.75, 3.05) is 19.6 Å². The van der Waals surface area contributed by atoms with E-state index in [2.05, 4.69) is 4.72 Å². The third-order valence-electron chi connectivity index (χ3n) is 6.00. The van der Waals surface area contributed by atoms with Crippen LogP contribution in [-0.2, 0) is 14.8 Å². The number of hydrogen-bond acceptors (Lipinski definition) is 4. The zero-order chi connectivity index (χ0) is 16.6. The summed E-state index contributed by atoms with van der Waals surface area (Å²) in [4.78, 5) is 14.6. The first-order valence-corrected chi connectivity index (χ1v) is 10.5. The topological polar surface area (TPSA) is 92.5 Å². The van der Waals surface area contributed by atoms with Gasteiger partial charge in [-0.3, -0.25) is 4.79 Å². The molecule has 3 rings (SSSR count). The van der Waals surface area contributed by atoms with Crippen LogP contribution in [0.15, 0.2) is 0 Å². The third-order valence-corrected chi connectivity index (χ3v) is 7.96. The molecule has 0 radical (unpaired) electrons. The summed E-state index contributed by atoms with van der Waals surface area (Å²) in [6, 6.07) is 0.258. The number of sulfonamides is 1. The van der Waals surface area contributed by atoms with Crippen LogP contribution in [0.4, 0.5) is 0 Å². The molecule has 3 unspecified atom stereocenters. The summed E-state index contributed by atoms with van der Waals surface area (Å²) >= 11 is 0. The Bertz CT molecular complexity index is 543. The molecular weight excluding hydrogens is 350 g/mol. The minimum Gasteiger partial charge on any atom is -0.341 e. The van der Waals surface area contributed by atoms with E-state index < -0.39 is 15.3 Å². The highest BCUT2D eigenvalue weighted by atomic mass is 35.5. The maximum atomic E-state index is 12.8. The fraction of sp³-hybridized carbons (Fsp3) is 0.938. The smallest absolute Gasteiger partial charge is 0.225 e. The van der Waals surface area contributed by atoms with Crippen LogP contribution in [0, 0.1) is 17.8 Å². The number of nitrogens with zero attached hydrogens (tertiary/aromatic N) is 1. The number of halogens is 1. The molecule has 3 atom stereocenters. The maximum Gasteiger partial charge on any atom is 0.225 e. The Kier molecular flexibility index (Phi) is 6.56. The van der Waals surface area contributed by atoms with Gasteiger partial charge in [0.1, 0.15) is 0 Å². The monoisotopic (exact) mass is 379 g/mol. The molecular formula is C16H30ClN3O3S. The molecule has 1 aliphatic heterocycles. The van der Waals surface area contributed by atoms with Gasteiger partial charge in [0.2, 0.25) is 15.9 Å². The second-order valence-electron chi connectivity index (χ2n) is 7.43. The second-order valence-corrected chi connectivity index (χ2v) is 9.48. The van der Waals surface area contributed by atoms with Crippen molar-refractivity contribution in [1.29, 1.82) is 0 Å². The largest absolute Gasteiger partial charge is 0.341 e. The van der Waals surface area contributed by atoms with E-state index in [-0.39, 0.29) is 30.3 Å². The van der Waals surface area contributed by atoms with Gasteiger partial charge >= 0.3 is 0 Å². The lowest BCUT2D eigenvalue weighted by Gasteiger charge is -2.44. The number of hydrogen-bond donors (Lipinski definition) is 2. The highest BCUT2D eigenvalue weighted by molar-refractivity contribution is 7.90. The van der Waals surface area contributed by atoms with Gasteiger partial charge in [0, 0.05) is 31.6 Å². The molecule has 8 heteroatoms. The number of rotatable bonds is 4. The highest BCUT2D eigenvalue weighted by Crippen LogP contribution is 2.42. The van der Waals surface area contributed by atoms with Crippen LogP contribution in [-0.4, -0.2) is 50.2 Å². The van der Waals surface area contributed by atoms with Gasteiger partial charge in [0.05, 0.1) is 5.25 Å². The average molecular weight is 380 g/mol. The zero-order valence-electron chi connectivity index (χ0n) is 14.3. The Labute approximate surface area is 151 Å². The van der Waals surface area contributed by atoms with Gasteiger partial charge in [-0.15, -0.1) is 12.4 Å². The molecule has 24 heavy (non-hydrogen) atoms. The summed E-state index contributed by atoms with van der Waals surface area (Å²) in [5.74, 6) is 1.15. The molecule has 2 aliphatic carbocycles. The van der Waals surface area contributed by atoms with E-state index >= 15 is 0 Å². The fourth-order valence-electron chi connectivity index (χ4n) is 4.75. The van der Waals surface area contributed by atoms with Crippen molar-refractivity contribution < 1.29 is 13.2 Å². The molecule has 1 heterocycles. The van der Waals surface area contributed by atoms with E-state index in [1.165, 1.54) is 6.42 Å². The number of likely N-dealkylation sites (tertiary alicyclic amines) is 1. The normalized spacial score (nSPS) is 36.2. The van der Waals surface area contributed by atoms with E-state index in [0.29, 0.717) is 37.9 Å². The predicted molar refractivity (Wildman–Crippen MR) is 96.4 cm³/mol. The molecule has 6 nitrogen and oxygen atoms in total. The van der Waals surface area contributed by atoms with Crippen LogP contribution in [0.5, 0.6) is 0 Å². The predicted octanol–water partition coefficient (Wildman–Crippen LogP) is 1.10. The standard InChI is InChI=1S/C16H29N3O3S.ClH/c1-2-18-23(21,22)14-6-7-19(10-14)16(20)13-8-11-4-3-5-12(9-13)15(11)17;/h11-15,18H,2-10,17H2,1H3;1H. The molecule has 0 aromatic heterocycles.